The highest BCUT2D eigenvalue weighted by Gasteiger charge is 2.36. The zero-order valence-corrected chi connectivity index (χ0v) is 13.9. The number of rotatable bonds is 3. The van der Waals surface area contributed by atoms with E-state index in [0.717, 1.165) is 25.7 Å². The van der Waals surface area contributed by atoms with Gasteiger partial charge in [-0.2, -0.15) is 0 Å². The predicted octanol–water partition coefficient (Wildman–Crippen LogP) is 2.73. The molecular weight excluding hydrogens is 282 g/mol. The first-order chi connectivity index (χ1) is 10.3. The average molecular weight is 311 g/mol. The third kappa shape index (κ3) is 4.45. The fourth-order valence-electron chi connectivity index (χ4n) is 3.62. The topological polar surface area (TPSA) is 75.6 Å². The fourth-order valence-corrected chi connectivity index (χ4v) is 3.62. The number of carbonyl (C=O) groups is 2. The molecule has 0 aromatic carbocycles. The van der Waals surface area contributed by atoms with Gasteiger partial charge in [-0.05, 0) is 49.9 Å². The van der Waals surface area contributed by atoms with E-state index in [9.17, 15) is 9.59 Å². The Morgan fingerprint density at radius 1 is 1.00 bits per heavy atom. The lowest BCUT2D eigenvalue weighted by atomic mass is 9.76. The number of carbonyl (C=O) groups excluding carboxylic acids is 1. The van der Waals surface area contributed by atoms with Gasteiger partial charge in [0.15, 0.2) is 6.10 Å². The van der Waals surface area contributed by atoms with E-state index in [-0.39, 0.29) is 11.9 Å². The van der Waals surface area contributed by atoms with E-state index in [0.29, 0.717) is 24.2 Å². The minimum Gasteiger partial charge on any atom is -0.479 e. The molecule has 1 saturated carbocycles. The van der Waals surface area contributed by atoms with Crippen molar-refractivity contribution < 1.29 is 19.4 Å². The lowest BCUT2D eigenvalue weighted by Gasteiger charge is -2.29. The van der Waals surface area contributed by atoms with Crippen LogP contribution in [0, 0.1) is 11.3 Å². The average Bonchev–Trinajstić information content (AvgIpc) is 2.79. The maximum Gasteiger partial charge on any atom is 0.332 e. The summed E-state index contributed by atoms with van der Waals surface area (Å²) in [5, 5.41) is 12.0. The van der Waals surface area contributed by atoms with Crippen LogP contribution in [0.5, 0.6) is 0 Å². The van der Waals surface area contributed by atoms with Crippen LogP contribution < -0.4 is 5.32 Å². The van der Waals surface area contributed by atoms with Crippen LogP contribution in [0.25, 0.3) is 0 Å². The highest BCUT2D eigenvalue weighted by atomic mass is 16.5. The zero-order chi connectivity index (χ0) is 16.3. The minimum absolute atomic E-state index is 0.136. The Hall–Kier alpha value is -1.10. The molecule has 0 radical (unpaired) electrons. The molecule has 22 heavy (non-hydrogen) atoms. The molecule has 5 nitrogen and oxygen atoms in total. The van der Waals surface area contributed by atoms with E-state index in [2.05, 4.69) is 26.1 Å². The molecule has 2 unspecified atom stereocenters. The van der Waals surface area contributed by atoms with E-state index in [4.69, 9.17) is 9.84 Å². The molecule has 1 aliphatic carbocycles. The fraction of sp³-hybridized carbons (Fsp3) is 0.882. The monoisotopic (exact) mass is 311 g/mol. The summed E-state index contributed by atoms with van der Waals surface area (Å²) in [5.74, 6) is -0.408. The Labute approximate surface area is 132 Å². The van der Waals surface area contributed by atoms with Crippen molar-refractivity contribution in [3.63, 3.8) is 0 Å². The number of carboxylic acids is 1. The van der Waals surface area contributed by atoms with Crippen molar-refractivity contribution in [1.82, 2.24) is 5.32 Å². The number of aliphatic carboxylic acids is 1. The number of ether oxygens (including phenoxy) is 1. The normalized spacial score (nSPS) is 33.2. The van der Waals surface area contributed by atoms with E-state index in [1.54, 1.807) is 0 Å². The van der Waals surface area contributed by atoms with Gasteiger partial charge in [-0.3, -0.25) is 4.79 Å². The van der Waals surface area contributed by atoms with E-state index >= 15 is 0 Å². The molecule has 1 aliphatic heterocycles. The second kappa shape index (κ2) is 6.99. The Bertz CT molecular complexity index is 415. The Kier molecular flexibility index (Phi) is 5.48. The zero-order valence-electron chi connectivity index (χ0n) is 13.9. The number of amides is 1. The predicted molar refractivity (Wildman–Crippen MR) is 83.5 cm³/mol. The number of nitrogens with one attached hydrogen (secondary N) is 1. The van der Waals surface area contributed by atoms with Gasteiger partial charge in [0.1, 0.15) is 6.10 Å². The van der Waals surface area contributed by atoms with Crippen LogP contribution in [0.2, 0.25) is 0 Å². The number of hydrogen-bond acceptors (Lipinski definition) is 3. The molecule has 5 heteroatoms. The second-order valence-electron chi connectivity index (χ2n) is 7.81. The summed E-state index contributed by atoms with van der Waals surface area (Å²) in [6.07, 6.45) is 5.00. The summed E-state index contributed by atoms with van der Waals surface area (Å²) in [6, 6.07) is 0.201. The largest absolute Gasteiger partial charge is 0.479 e. The smallest absolute Gasteiger partial charge is 0.332 e. The summed E-state index contributed by atoms with van der Waals surface area (Å²) in [5.41, 5.74) is 0.322. The Morgan fingerprint density at radius 3 is 2.27 bits per heavy atom. The molecule has 1 amide bonds. The third-order valence-electron chi connectivity index (χ3n) is 5.13. The van der Waals surface area contributed by atoms with Crippen LogP contribution in [-0.2, 0) is 14.3 Å². The van der Waals surface area contributed by atoms with Gasteiger partial charge in [-0.25, -0.2) is 4.79 Å². The summed E-state index contributed by atoms with van der Waals surface area (Å²) >= 11 is 0. The molecule has 1 heterocycles. The van der Waals surface area contributed by atoms with Gasteiger partial charge < -0.3 is 15.2 Å². The molecular formula is C17H29NO4. The van der Waals surface area contributed by atoms with Crippen molar-refractivity contribution in [1.29, 1.82) is 0 Å². The van der Waals surface area contributed by atoms with Crippen LogP contribution in [0.1, 0.15) is 65.7 Å². The van der Waals surface area contributed by atoms with Gasteiger partial charge in [-0.1, -0.05) is 27.2 Å². The quantitative estimate of drug-likeness (QED) is 0.786. The molecule has 0 aromatic rings. The highest BCUT2D eigenvalue weighted by molar-refractivity contribution is 5.82. The molecule has 2 aliphatic rings. The van der Waals surface area contributed by atoms with Gasteiger partial charge in [0.25, 0.3) is 0 Å². The minimum atomic E-state index is -0.974. The summed E-state index contributed by atoms with van der Waals surface area (Å²) in [6.45, 7) is 6.86. The van der Waals surface area contributed by atoms with E-state index < -0.39 is 18.2 Å². The number of carboxylic acid groups (broad SMARTS) is 1. The first-order valence-corrected chi connectivity index (χ1v) is 8.46. The van der Waals surface area contributed by atoms with Gasteiger partial charge in [0.05, 0.1) is 0 Å². The van der Waals surface area contributed by atoms with Crippen LogP contribution in [0.4, 0.5) is 0 Å². The first-order valence-electron chi connectivity index (χ1n) is 8.46. The van der Waals surface area contributed by atoms with Crippen molar-refractivity contribution in [2.45, 2.75) is 84.0 Å². The molecule has 1 saturated heterocycles. The molecule has 0 spiro atoms. The van der Waals surface area contributed by atoms with E-state index in [1.807, 2.05) is 0 Å². The molecule has 0 bridgehead atoms. The summed E-state index contributed by atoms with van der Waals surface area (Å²) < 4.78 is 5.32. The lowest BCUT2D eigenvalue weighted by molar-refractivity contribution is -0.151. The van der Waals surface area contributed by atoms with Crippen molar-refractivity contribution in [2.24, 2.45) is 11.3 Å². The Balaban J connectivity index is 1.81. The lowest BCUT2D eigenvalue weighted by Crippen LogP contribution is -2.41. The van der Waals surface area contributed by atoms with Crippen molar-refractivity contribution >= 4 is 11.9 Å². The van der Waals surface area contributed by atoms with Crippen LogP contribution in [0.3, 0.4) is 0 Å². The highest BCUT2D eigenvalue weighted by Crippen LogP contribution is 2.36. The second-order valence-corrected chi connectivity index (χ2v) is 7.81. The van der Waals surface area contributed by atoms with E-state index in [1.165, 1.54) is 6.42 Å². The summed E-state index contributed by atoms with van der Waals surface area (Å²) in [7, 11) is 0. The van der Waals surface area contributed by atoms with Gasteiger partial charge >= 0.3 is 5.97 Å². The first kappa shape index (κ1) is 17.3. The van der Waals surface area contributed by atoms with Crippen molar-refractivity contribution in [3.05, 3.63) is 0 Å². The standard InChI is InChI=1S/C17H29NO4/c1-17(2,3)11-5-4-6-12(8-7-11)18-15(19)13-9-10-14(22-13)16(20)21/h11-14H,4-10H2,1-3H3,(H,18,19)(H,20,21)/t11?,12?,13-,14+/m0/s1. The van der Waals surface area contributed by atoms with Crippen LogP contribution in [-0.4, -0.2) is 35.2 Å². The molecule has 4 atom stereocenters. The van der Waals surface area contributed by atoms with Crippen molar-refractivity contribution in [2.75, 3.05) is 0 Å². The molecule has 2 rings (SSSR count). The van der Waals surface area contributed by atoms with Crippen LogP contribution >= 0.6 is 0 Å². The summed E-state index contributed by atoms with van der Waals surface area (Å²) in [4.78, 5) is 23.1. The SMILES string of the molecule is CC(C)(C)C1CCCC(NC(=O)[C@@H]2CC[C@H](C(=O)O)O2)CC1. The maximum absolute atomic E-state index is 12.2. The molecule has 0 aromatic heterocycles. The molecule has 2 fully saturated rings. The van der Waals surface area contributed by atoms with Crippen LogP contribution in [0.15, 0.2) is 0 Å². The maximum atomic E-state index is 12.2. The molecule has 126 valence electrons. The van der Waals surface area contributed by atoms with Gasteiger partial charge in [0, 0.05) is 6.04 Å². The third-order valence-corrected chi connectivity index (χ3v) is 5.13. The van der Waals surface area contributed by atoms with Gasteiger partial charge in [-0.15, -0.1) is 0 Å². The number of hydrogen-bond donors (Lipinski definition) is 2. The van der Waals surface area contributed by atoms with Gasteiger partial charge in [0.2, 0.25) is 5.91 Å². The van der Waals surface area contributed by atoms with Crippen molar-refractivity contribution in [3.8, 4) is 0 Å². The molecule has 2 N–H and O–H groups in total. The Morgan fingerprint density at radius 2 is 1.68 bits per heavy atom.